The van der Waals surface area contributed by atoms with Gasteiger partial charge in [0.05, 0.1) is 0 Å². The second-order valence-electron chi connectivity index (χ2n) is 5.96. The van der Waals surface area contributed by atoms with Crippen molar-refractivity contribution in [3.63, 3.8) is 0 Å². The summed E-state index contributed by atoms with van der Waals surface area (Å²) < 4.78 is 42.5. The molecule has 1 aliphatic rings. The highest BCUT2D eigenvalue weighted by molar-refractivity contribution is 5.68. The van der Waals surface area contributed by atoms with Crippen molar-refractivity contribution in [2.24, 2.45) is 17.6 Å². The lowest BCUT2D eigenvalue weighted by Crippen LogP contribution is -2.36. The van der Waals surface area contributed by atoms with E-state index in [1.807, 2.05) is 0 Å². The Morgan fingerprint density at radius 1 is 1.26 bits per heavy atom. The zero-order valence-electron chi connectivity index (χ0n) is 11.5. The monoisotopic (exact) mass is 282 g/mol. The highest BCUT2D eigenvalue weighted by Gasteiger charge is 2.42. The zero-order valence-corrected chi connectivity index (χ0v) is 11.5. The van der Waals surface area contributed by atoms with E-state index in [-0.39, 0.29) is 25.6 Å². The van der Waals surface area contributed by atoms with E-state index in [9.17, 15) is 18.0 Å². The number of nitrogens with two attached hydrogens (primary N) is 1. The minimum Gasteiger partial charge on any atom is -0.444 e. The number of hydrogen-bond donors (Lipinski definition) is 1. The lowest BCUT2D eigenvalue weighted by molar-refractivity contribution is -0.145. The molecule has 0 aromatic carbocycles. The van der Waals surface area contributed by atoms with E-state index < -0.39 is 30.2 Å². The minimum absolute atomic E-state index is 0.0519. The molecule has 1 fully saturated rings. The molecule has 0 spiro atoms. The summed E-state index contributed by atoms with van der Waals surface area (Å²) in [5.74, 6) is -0.966. The van der Waals surface area contributed by atoms with Crippen LogP contribution in [0.5, 0.6) is 0 Å². The van der Waals surface area contributed by atoms with Crippen molar-refractivity contribution >= 4 is 6.09 Å². The van der Waals surface area contributed by atoms with E-state index >= 15 is 0 Å². The van der Waals surface area contributed by atoms with Crippen molar-refractivity contribution in [2.45, 2.75) is 39.0 Å². The van der Waals surface area contributed by atoms with Gasteiger partial charge >= 0.3 is 12.3 Å². The van der Waals surface area contributed by atoms with Gasteiger partial charge in [0.1, 0.15) is 5.60 Å². The second kappa shape index (κ2) is 5.56. The molecule has 1 rings (SSSR count). The number of likely N-dealkylation sites (tertiary alicyclic amines) is 1. The van der Waals surface area contributed by atoms with Crippen LogP contribution in [0.4, 0.5) is 18.0 Å². The highest BCUT2D eigenvalue weighted by atomic mass is 19.4. The number of carbonyl (C=O) groups excluding carboxylic acids is 1. The summed E-state index contributed by atoms with van der Waals surface area (Å²) in [6.45, 7) is 5.57. The van der Waals surface area contributed by atoms with E-state index in [0.29, 0.717) is 0 Å². The van der Waals surface area contributed by atoms with E-state index in [4.69, 9.17) is 10.5 Å². The first-order valence-electron chi connectivity index (χ1n) is 6.26. The number of nitrogens with zero attached hydrogens (tertiary/aromatic N) is 1. The lowest BCUT2D eigenvalue weighted by atomic mass is 9.93. The Balaban J connectivity index is 2.63. The predicted octanol–water partition coefficient (Wildman–Crippen LogP) is 2.38. The van der Waals surface area contributed by atoms with Crippen LogP contribution in [0.2, 0.25) is 0 Å². The van der Waals surface area contributed by atoms with Gasteiger partial charge in [-0.25, -0.2) is 4.79 Å². The Bertz CT molecular complexity index is 326. The Morgan fingerprint density at radius 3 is 2.21 bits per heavy atom. The number of amides is 1. The summed E-state index contributed by atoms with van der Waals surface area (Å²) in [5.41, 5.74) is 4.83. The van der Waals surface area contributed by atoms with Crippen LogP contribution in [-0.2, 0) is 4.74 Å². The highest BCUT2D eigenvalue weighted by Crippen LogP contribution is 2.34. The van der Waals surface area contributed by atoms with Crippen molar-refractivity contribution in [2.75, 3.05) is 19.6 Å². The van der Waals surface area contributed by atoms with E-state index in [1.54, 1.807) is 20.8 Å². The van der Waals surface area contributed by atoms with Gasteiger partial charge in [-0.15, -0.1) is 0 Å². The van der Waals surface area contributed by atoms with Crippen LogP contribution in [0.3, 0.4) is 0 Å². The number of rotatable bonds is 2. The van der Waals surface area contributed by atoms with Gasteiger partial charge in [0.25, 0.3) is 0 Å². The Kier molecular flexibility index (Phi) is 4.71. The third-order valence-corrected chi connectivity index (χ3v) is 3.02. The first-order chi connectivity index (χ1) is 8.52. The van der Waals surface area contributed by atoms with Crippen LogP contribution in [0.25, 0.3) is 0 Å². The average molecular weight is 282 g/mol. The molecule has 1 heterocycles. The van der Waals surface area contributed by atoms with Crippen LogP contribution in [0.1, 0.15) is 27.2 Å². The van der Waals surface area contributed by atoms with Gasteiger partial charge in [-0.3, -0.25) is 0 Å². The third-order valence-electron chi connectivity index (χ3n) is 3.02. The third kappa shape index (κ3) is 5.26. The van der Waals surface area contributed by atoms with E-state index in [0.717, 1.165) is 0 Å². The van der Waals surface area contributed by atoms with Gasteiger partial charge < -0.3 is 15.4 Å². The van der Waals surface area contributed by atoms with Gasteiger partial charge in [-0.1, -0.05) is 0 Å². The molecule has 0 aromatic heterocycles. The summed E-state index contributed by atoms with van der Waals surface area (Å²) >= 11 is 0. The maximum atomic E-state index is 12.4. The SMILES string of the molecule is CC(C)(C)OC(=O)N1C[C@@H](CN)[C@H](CC(F)(F)F)C1. The molecule has 2 N–H and O–H groups in total. The number of alkyl halides is 3. The predicted molar refractivity (Wildman–Crippen MR) is 64.5 cm³/mol. The number of hydrogen-bond acceptors (Lipinski definition) is 3. The Hall–Kier alpha value is -0.980. The quantitative estimate of drug-likeness (QED) is 0.846. The van der Waals surface area contributed by atoms with Crippen molar-refractivity contribution in [1.29, 1.82) is 0 Å². The van der Waals surface area contributed by atoms with Gasteiger partial charge in [-0.05, 0) is 39.2 Å². The zero-order chi connectivity index (χ0) is 14.8. The molecule has 0 aromatic rings. The first kappa shape index (κ1) is 16.1. The van der Waals surface area contributed by atoms with Crippen LogP contribution in [-0.4, -0.2) is 42.4 Å². The number of carbonyl (C=O) groups is 1. The van der Waals surface area contributed by atoms with Crippen molar-refractivity contribution < 1.29 is 22.7 Å². The smallest absolute Gasteiger partial charge is 0.410 e. The standard InChI is InChI=1S/C12H21F3N2O2/c1-11(2,3)19-10(18)17-6-8(4-12(13,14)15)9(5-16)7-17/h8-9H,4-7,16H2,1-3H3/t8-,9-/m1/s1. The molecule has 0 bridgehead atoms. The minimum atomic E-state index is -4.23. The van der Waals surface area contributed by atoms with Crippen LogP contribution < -0.4 is 5.73 Å². The lowest BCUT2D eigenvalue weighted by Gasteiger charge is -2.24. The van der Waals surface area contributed by atoms with Gasteiger partial charge in [-0.2, -0.15) is 13.2 Å². The fraction of sp³-hybridized carbons (Fsp3) is 0.917. The maximum absolute atomic E-state index is 12.4. The van der Waals surface area contributed by atoms with E-state index in [1.165, 1.54) is 4.90 Å². The summed E-state index contributed by atoms with van der Waals surface area (Å²) in [6.07, 6.45) is -5.72. The molecular formula is C12H21F3N2O2. The molecule has 112 valence electrons. The summed E-state index contributed by atoms with van der Waals surface area (Å²) in [6, 6.07) is 0. The van der Waals surface area contributed by atoms with Crippen molar-refractivity contribution in [3.05, 3.63) is 0 Å². The first-order valence-corrected chi connectivity index (χ1v) is 6.26. The second-order valence-corrected chi connectivity index (χ2v) is 5.96. The molecule has 19 heavy (non-hydrogen) atoms. The van der Waals surface area contributed by atoms with Gasteiger partial charge in [0, 0.05) is 19.5 Å². The van der Waals surface area contributed by atoms with Crippen LogP contribution >= 0.6 is 0 Å². The molecule has 1 aliphatic heterocycles. The summed E-state index contributed by atoms with van der Waals surface area (Å²) in [4.78, 5) is 13.1. The van der Waals surface area contributed by atoms with Crippen LogP contribution in [0.15, 0.2) is 0 Å². The molecule has 2 atom stereocenters. The normalized spacial score (nSPS) is 24.7. The maximum Gasteiger partial charge on any atom is 0.410 e. The van der Waals surface area contributed by atoms with E-state index in [2.05, 4.69) is 0 Å². The fourth-order valence-corrected chi connectivity index (χ4v) is 2.21. The number of halogens is 3. The fourth-order valence-electron chi connectivity index (χ4n) is 2.21. The summed E-state index contributed by atoms with van der Waals surface area (Å²) in [7, 11) is 0. The molecule has 4 nitrogen and oxygen atoms in total. The molecular weight excluding hydrogens is 261 g/mol. The van der Waals surface area contributed by atoms with Crippen molar-refractivity contribution in [3.8, 4) is 0 Å². The molecule has 0 unspecified atom stereocenters. The molecule has 0 saturated carbocycles. The summed E-state index contributed by atoms with van der Waals surface area (Å²) in [5, 5.41) is 0. The molecule has 1 saturated heterocycles. The Morgan fingerprint density at radius 2 is 1.79 bits per heavy atom. The molecule has 1 amide bonds. The molecule has 0 aliphatic carbocycles. The molecule has 0 radical (unpaired) electrons. The molecule has 7 heteroatoms. The Labute approximate surface area is 111 Å². The van der Waals surface area contributed by atoms with Gasteiger partial charge in [0.15, 0.2) is 0 Å². The average Bonchev–Trinajstić information content (AvgIpc) is 2.55. The van der Waals surface area contributed by atoms with Crippen molar-refractivity contribution in [1.82, 2.24) is 4.90 Å². The van der Waals surface area contributed by atoms with Crippen LogP contribution in [0, 0.1) is 11.8 Å². The topological polar surface area (TPSA) is 55.6 Å². The largest absolute Gasteiger partial charge is 0.444 e. The number of ether oxygens (including phenoxy) is 1. The van der Waals surface area contributed by atoms with Gasteiger partial charge in [0.2, 0.25) is 0 Å².